The van der Waals surface area contributed by atoms with E-state index in [4.69, 9.17) is 21.8 Å². The van der Waals surface area contributed by atoms with Crippen LogP contribution >= 0.6 is 11.6 Å². The van der Waals surface area contributed by atoms with Gasteiger partial charge in [0, 0.05) is 29.3 Å². The average Bonchev–Trinajstić information content (AvgIpc) is 3.06. The van der Waals surface area contributed by atoms with Gasteiger partial charge in [-0.05, 0) is 30.2 Å². The van der Waals surface area contributed by atoms with Gasteiger partial charge in [0.1, 0.15) is 5.69 Å². The number of hydrogen-bond donors (Lipinski definition) is 2. The fraction of sp³-hybridized carbons (Fsp3) is 0.211. The van der Waals surface area contributed by atoms with E-state index >= 15 is 0 Å². The molecule has 0 bridgehead atoms. The second-order valence-corrected chi connectivity index (χ2v) is 8.38. The van der Waals surface area contributed by atoms with Gasteiger partial charge >= 0.3 is 6.18 Å². The van der Waals surface area contributed by atoms with Crippen LogP contribution in [0, 0.1) is 0 Å². The minimum atomic E-state index is -4.80. The number of halogens is 4. The molecule has 1 heterocycles. The van der Waals surface area contributed by atoms with Gasteiger partial charge in [-0.25, -0.2) is 13.6 Å². The third-order valence-electron chi connectivity index (χ3n) is 4.33. The quantitative estimate of drug-likeness (QED) is 0.583. The van der Waals surface area contributed by atoms with Crippen LogP contribution in [0.1, 0.15) is 12.1 Å². The van der Waals surface area contributed by atoms with Crippen molar-refractivity contribution in [1.82, 2.24) is 9.78 Å². The summed E-state index contributed by atoms with van der Waals surface area (Å²) in [6.07, 6.45) is -4.77. The van der Waals surface area contributed by atoms with E-state index in [1.54, 1.807) is 0 Å². The standard InChI is InChI=1S/C19H17ClF3N3O3S/c20-13-8-6-12(7-9-13)16-17(14-4-1-2-5-15(14)30(24,28)29)25-26(10-3-11-27)18(16)19(21,22)23/h1-2,4-9,27H,3,10-11H2,(H2,24,28,29). The lowest BCUT2D eigenvalue weighted by molar-refractivity contribution is -0.143. The smallest absolute Gasteiger partial charge is 0.396 e. The van der Waals surface area contributed by atoms with Crippen LogP contribution in [0.15, 0.2) is 53.4 Å². The van der Waals surface area contributed by atoms with E-state index < -0.39 is 21.9 Å². The highest BCUT2D eigenvalue weighted by atomic mass is 35.5. The van der Waals surface area contributed by atoms with Gasteiger partial charge in [-0.1, -0.05) is 41.9 Å². The van der Waals surface area contributed by atoms with Crippen LogP contribution in [0.5, 0.6) is 0 Å². The van der Waals surface area contributed by atoms with Crippen LogP contribution in [0.2, 0.25) is 5.02 Å². The lowest BCUT2D eigenvalue weighted by Crippen LogP contribution is -2.16. The Labute approximate surface area is 175 Å². The number of aliphatic hydroxyl groups excluding tert-OH is 1. The summed E-state index contributed by atoms with van der Waals surface area (Å²) in [5.74, 6) is 0. The SMILES string of the molecule is NS(=O)(=O)c1ccccc1-c1nn(CCCO)c(C(F)(F)F)c1-c1ccc(Cl)cc1. The fourth-order valence-electron chi connectivity index (χ4n) is 3.12. The number of nitrogens with zero attached hydrogens (tertiary/aromatic N) is 2. The van der Waals surface area contributed by atoms with Crippen molar-refractivity contribution in [3.8, 4) is 22.4 Å². The summed E-state index contributed by atoms with van der Waals surface area (Å²) in [7, 11) is -4.23. The Kier molecular flexibility index (Phi) is 6.23. The number of benzene rings is 2. The van der Waals surface area contributed by atoms with Gasteiger partial charge in [-0.3, -0.25) is 4.68 Å². The van der Waals surface area contributed by atoms with Crippen molar-refractivity contribution in [2.75, 3.05) is 6.61 Å². The molecule has 0 saturated heterocycles. The zero-order chi connectivity index (χ0) is 22.1. The molecule has 3 N–H and O–H groups in total. The lowest BCUT2D eigenvalue weighted by atomic mass is 9.98. The molecule has 0 spiro atoms. The molecule has 2 aromatic carbocycles. The largest absolute Gasteiger partial charge is 0.433 e. The van der Waals surface area contributed by atoms with Crippen molar-refractivity contribution in [2.45, 2.75) is 24.0 Å². The molecule has 1 aromatic heterocycles. The number of nitrogens with two attached hydrogens (primary N) is 1. The number of aryl methyl sites for hydroxylation is 1. The molecule has 3 rings (SSSR count). The number of alkyl halides is 3. The molecule has 0 aliphatic carbocycles. The Hall–Kier alpha value is -2.40. The minimum absolute atomic E-state index is 0.0289. The Morgan fingerprint density at radius 3 is 2.30 bits per heavy atom. The average molecular weight is 460 g/mol. The van der Waals surface area contributed by atoms with Crippen LogP contribution in [0.3, 0.4) is 0 Å². The van der Waals surface area contributed by atoms with Crippen molar-refractivity contribution in [1.29, 1.82) is 0 Å². The molecule has 0 atom stereocenters. The third kappa shape index (κ3) is 4.51. The maximum Gasteiger partial charge on any atom is 0.433 e. The maximum absolute atomic E-state index is 14.1. The Morgan fingerprint density at radius 1 is 1.10 bits per heavy atom. The molecule has 0 fully saturated rings. The zero-order valence-corrected chi connectivity index (χ0v) is 17.0. The van der Waals surface area contributed by atoms with Gasteiger partial charge in [-0.2, -0.15) is 18.3 Å². The molecule has 0 aliphatic heterocycles. The highest BCUT2D eigenvalue weighted by Gasteiger charge is 2.41. The normalized spacial score (nSPS) is 12.3. The molecule has 30 heavy (non-hydrogen) atoms. The first-order valence-corrected chi connectivity index (χ1v) is 10.6. The number of rotatable bonds is 6. The van der Waals surface area contributed by atoms with Crippen molar-refractivity contribution >= 4 is 21.6 Å². The number of aromatic nitrogens is 2. The minimum Gasteiger partial charge on any atom is -0.396 e. The molecule has 0 saturated carbocycles. The van der Waals surface area contributed by atoms with Gasteiger partial charge in [-0.15, -0.1) is 0 Å². The molecule has 160 valence electrons. The predicted molar refractivity (Wildman–Crippen MR) is 106 cm³/mol. The molecule has 3 aromatic rings. The van der Waals surface area contributed by atoms with E-state index in [-0.39, 0.29) is 46.9 Å². The number of primary sulfonamides is 1. The first-order valence-electron chi connectivity index (χ1n) is 8.71. The first kappa shape index (κ1) is 22.3. The Morgan fingerprint density at radius 2 is 1.73 bits per heavy atom. The fourth-order valence-corrected chi connectivity index (χ4v) is 3.99. The zero-order valence-electron chi connectivity index (χ0n) is 15.4. The number of sulfonamides is 1. The summed E-state index contributed by atoms with van der Waals surface area (Å²) in [4.78, 5) is -0.347. The van der Waals surface area contributed by atoms with Crippen molar-refractivity contribution in [2.24, 2.45) is 5.14 Å². The third-order valence-corrected chi connectivity index (χ3v) is 5.55. The van der Waals surface area contributed by atoms with E-state index in [0.29, 0.717) is 5.02 Å². The van der Waals surface area contributed by atoms with Gasteiger partial charge in [0.15, 0.2) is 5.69 Å². The second kappa shape index (κ2) is 8.38. The van der Waals surface area contributed by atoms with Gasteiger partial charge in [0.25, 0.3) is 0 Å². The summed E-state index contributed by atoms with van der Waals surface area (Å²) in [5, 5.41) is 18.8. The van der Waals surface area contributed by atoms with Crippen LogP contribution in [0.25, 0.3) is 22.4 Å². The van der Waals surface area contributed by atoms with Crippen LogP contribution < -0.4 is 5.14 Å². The van der Waals surface area contributed by atoms with Crippen LogP contribution in [0.4, 0.5) is 13.2 Å². The van der Waals surface area contributed by atoms with E-state index in [2.05, 4.69) is 5.10 Å². The molecular weight excluding hydrogens is 443 g/mol. The Bertz CT molecular complexity index is 1160. The predicted octanol–water partition coefficient (Wildman–Crippen LogP) is 3.92. The van der Waals surface area contributed by atoms with E-state index in [1.165, 1.54) is 48.5 Å². The summed E-state index contributed by atoms with van der Waals surface area (Å²) < 4.78 is 67.0. The first-order chi connectivity index (χ1) is 14.0. The van der Waals surface area contributed by atoms with Crippen molar-refractivity contribution < 1.29 is 26.7 Å². The summed E-state index contributed by atoms with van der Waals surface area (Å²) >= 11 is 5.88. The lowest BCUT2D eigenvalue weighted by Gasteiger charge is -2.13. The highest BCUT2D eigenvalue weighted by molar-refractivity contribution is 7.89. The topological polar surface area (TPSA) is 98.2 Å². The number of aliphatic hydroxyl groups is 1. The molecule has 0 aliphatic rings. The molecular formula is C19H17ClF3N3O3S. The summed E-state index contributed by atoms with van der Waals surface area (Å²) in [5.41, 5.74) is -1.45. The molecule has 0 unspecified atom stereocenters. The van der Waals surface area contributed by atoms with Crippen LogP contribution in [-0.2, 0) is 22.7 Å². The Balaban J connectivity index is 2.41. The van der Waals surface area contributed by atoms with Crippen LogP contribution in [-0.4, -0.2) is 29.9 Å². The molecule has 6 nitrogen and oxygen atoms in total. The highest BCUT2D eigenvalue weighted by Crippen LogP contribution is 2.44. The monoisotopic (exact) mass is 459 g/mol. The van der Waals surface area contributed by atoms with Crippen molar-refractivity contribution in [3.05, 3.63) is 59.2 Å². The molecule has 0 amide bonds. The maximum atomic E-state index is 14.1. The summed E-state index contributed by atoms with van der Waals surface area (Å²) in [6, 6.07) is 11.1. The molecule has 11 heteroatoms. The van der Waals surface area contributed by atoms with E-state index in [0.717, 1.165) is 4.68 Å². The second-order valence-electron chi connectivity index (χ2n) is 6.42. The van der Waals surface area contributed by atoms with Gasteiger partial charge in [0.05, 0.1) is 4.90 Å². The number of hydrogen-bond acceptors (Lipinski definition) is 4. The summed E-state index contributed by atoms with van der Waals surface area (Å²) in [6.45, 7) is -0.556. The molecule has 0 radical (unpaired) electrons. The van der Waals surface area contributed by atoms with E-state index in [1.807, 2.05) is 0 Å². The van der Waals surface area contributed by atoms with Gasteiger partial charge in [0.2, 0.25) is 10.0 Å². The van der Waals surface area contributed by atoms with Gasteiger partial charge < -0.3 is 5.11 Å². The van der Waals surface area contributed by atoms with E-state index in [9.17, 15) is 21.6 Å². The van der Waals surface area contributed by atoms with Crippen molar-refractivity contribution in [3.63, 3.8) is 0 Å².